The molecule has 2 fully saturated rings. The molecule has 2 nitrogen and oxygen atoms in total. The van der Waals surface area contributed by atoms with Crippen molar-refractivity contribution in [3.05, 3.63) is 40.9 Å². The van der Waals surface area contributed by atoms with Crippen LogP contribution >= 0.6 is 11.6 Å². The highest BCUT2D eigenvalue weighted by atomic mass is 35.5. The number of fused-ring (bicyclic) bond motifs is 2. The van der Waals surface area contributed by atoms with E-state index in [0.717, 1.165) is 17.9 Å². The Morgan fingerprint density at radius 2 is 2.11 bits per heavy atom. The third kappa shape index (κ3) is 2.84. The van der Waals surface area contributed by atoms with E-state index in [1.807, 2.05) is 24.3 Å². The molecule has 3 atom stereocenters. The van der Waals surface area contributed by atoms with Gasteiger partial charge < -0.3 is 5.32 Å². The molecule has 1 amide bonds. The highest BCUT2D eigenvalue weighted by Gasteiger charge is 2.39. The zero-order valence-corrected chi connectivity index (χ0v) is 11.6. The zero-order chi connectivity index (χ0) is 13.2. The molecule has 2 aliphatic rings. The summed E-state index contributed by atoms with van der Waals surface area (Å²) in [4.78, 5) is 11.9. The molecular formula is C16H18ClNO. The second-order valence-electron chi connectivity index (χ2n) is 5.64. The van der Waals surface area contributed by atoms with E-state index in [9.17, 15) is 4.79 Å². The normalized spacial score (nSPS) is 29.0. The Morgan fingerprint density at radius 1 is 1.26 bits per heavy atom. The van der Waals surface area contributed by atoms with Crippen molar-refractivity contribution >= 4 is 23.6 Å². The Labute approximate surface area is 118 Å². The molecular weight excluding hydrogens is 258 g/mol. The first kappa shape index (κ1) is 12.7. The van der Waals surface area contributed by atoms with Gasteiger partial charge in [-0.25, -0.2) is 0 Å². The minimum Gasteiger partial charge on any atom is -0.350 e. The standard InChI is InChI=1S/C16H18ClNO/c17-14-4-2-1-3-12(14)7-8-16(19)18-15-10-11-5-6-13(15)9-11/h1-4,7-8,11,13,15H,5-6,9-10H2,(H,18,19)/b8-7+/t11-,13+,15-/m0/s1. The first-order valence-electron chi connectivity index (χ1n) is 6.95. The minimum atomic E-state index is -0.00234. The van der Waals surface area contributed by atoms with Crippen molar-refractivity contribution in [3.63, 3.8) is 0 Å². The van der Waals surface area contributed by atoms with E-state index in [1.54, 1.807) is 12.2 Å². The van der Waals surface area contributed by atoms with Gasteiger partial charge in [0.15, 0.2) is 0 Å². The van der Waals surface area contributed by atoms with E-state index in [2.05, 4.69) is 5.32 Å². The fourth-order valence-electron chi connectivity index (χ4n) is 3.43. The van der Waals surface area contributed by atoms with Crippen LogP contribution in [-0.2, 0) is 4.79 Å². The average molecular weight is 276 g/mol. The maximum Gasteiger partial charge on any atom is 0.244 e. The van der Waals surface area contributed by atoms with Crippen LogP contribution in [0.5, 0.6) is 0 Å². The lowest BCUT2D eigenvalue weighted by atomic mass is 9.95. The molecule has 3 heteroatoms. The molecule has 0 aromatic heterocycles. The fourth-order valence-corrected chi connectivity index (χ4v) is 3.63. The maximum absolute atomic E-state index is 11.9. The van der Waals surface area contributed by atoms with Crippen molar-refractivity contribution in [1.29, 1.82) is 0 Å². The number of nitrogens with one attached hydrogen (secondary N) is 1. The first-order valence-corrected chi connectivity index (χ1v) is 7.33. The topological polar surface area (TPSA) is 29.1 Å². The molecule has 100 valence electrons. The predicted molar refractivity (Wildman–Crippen MR) is 77.9 cm³/mol. The average Bonchev–Trinajstić information content (AvgIpc) is 3.00. The number of rotatable bonds is 3. The minimum absolute atomic E-state index is 0.00234. The molecule has 0 unspecified atom stereocenters. The first-order chi connectivity index (χ1) is 9.22. The Bertz CT molecular complexity index is 511. The molecule has 2 saturated carbocycles. The van der Waals surface area contributed by atoms with Crippen LogP contribution in [0, 0.1) is 11.8 Å². The van der Waals surface area contributed by atoms with E-state index in [1.165, 1.54) is 19.3 Å². The second-order valence-corrected chi connectivity index (χ2v) is 6.05. The number of carbonyl (C=O) groups excluding carboxylic acids is 1. The third-order valence-electron chi connectivity index (χ3n) is 4.39. The molecule has 1 N–H and O–H groups in total. The molecule has 3 rings (SSSR count). The number of halogens is 1. The van der Waals surface area contributed by atoms with Gasteiger partial charge in [0, 0.05) is 17.1 Å². The maximum atomic E-state index is 11.9. The summed E-state index contributed by atoms with van der Waals surface area (Å²) in [5.74, 6) is 1.56. The summed E-state index contributed by atoms with van der Waals surface area (Å²) in [5, 5.41) is 3.80. The summed E-state index contributed by atoms with van der Waals surface area (Å²) in [5.41, 5.74) is 0.882. The Morgan fingerprint density at radius 3 is 2.79 bits per heavy atom. The van der Waals surface area contributed by atoms with Crippen molar-refractivity contribution in [2.24, 2.45) is 11.8 Å². The summed E-state index contributed by atoms with van der Waals surface area (Å²) in [6.45, 7) is 0. The van der Waals surface area contributed by atoms with E-state index >= 15 is 0 Å². The molecule has 19 heavy (non-hydrogen) atoms. The molecule has 0 heterocycles. The van der Waals surface area contributed by atoms with E-state index in [0.29, 0.717) is 17.0 Å². The van der Waals surface area contributed by atoms with Gasteiger partial charge in [-0.3, -0.25) is 4.79 Å². The number of benzene rings is 1. The van der Waals surface area contributed by atoms with Gasteiger partial charge in [0.2, 0.25) is 5.91 Å². The van der Waals surface area contributed by atoms with Crippen molar-refractivity contribution < 1.29 is 4.79 Å². The van der Waals surface area contributed by atoms with Crippen molar-refractivity contribution in [2.75, 3.05) is 0 Å². The monoisotopic (exact) mass is 275 g/mol. The SMILES string of the molecule is O=C(/C=C/c1ccccc1Cl)N[C@H]1C[C@H]2CC[C@@H]1C2. The Balaban J connectivity index is 1.58. The molecule has 0 aliphatic heterocycles. The lowest BCUT2D eigenvalue weighted by Gasteiger charge is -2.22. The van der Waals surface area contributed by atoms with Gasteiger partial charge in [-0.05, 0) is 48.8 Å². The van der Waals surface area contributed by atoms with Gasteiger partial charge >= 0.3 is 0 Å². The van der Waals surface area contributed by atoms with Crippen LogP contribution in [0.2, 0.25) is 5.02 Å². The van der Waals surface area contributed by atoms with Gasteiger partial charge in [0.25, 0.3) is 0 Å². The number of amides is 1. The van der Waals surface area contributed by atoms with Gasteiger partial charge in [-0.2, -0.15) is 0 Å². The summed E-state index contributed by atoms with van der Waals surface area (Å²) < 4.78 is 0. The van der Waals surface area contributed by atoms with Crippen LogP contribution in [0.4, 0.5) is 0 Å². The fraction of sp³-hybridized carbons (Fsp3) is 0.438. The van der Waals surface area contributed by atoms with Crippen LogP contribution in [0.3, 0.4) is 0 Å². The quantitative estimate of drug-likeness (QED) is 0.838. The van der Waals surface area contributed by atoms with Crippen molar-refractivity contribution in [3.8, 4) is 0 Å². The predicted octanol–water partition coefficient (Wildman–Crippen LogP) is 3.66. The molecule has 0 saturated heterocycles. The lowest BCUT2D eigenvalue weighted by molar-refractivity contribution is -0.117. The smallest absolute Gasteiger partial charge is 0.244 e. The number of hydrogen-bond donors (Lipinski definition) is 1. The Hall–Kier alpha value is -1.28. The molecule has 2 aliphatic carbocycles. The summed E-state index contributed by atoms with van der Waals surface area (Å²) >= 11 is 6.05. The van der Waals surface area contributed by atoms with Crippen LogP contribution in [0.25, 0.3) is 6.08 Å². The largest absolute Gasteiger partial charge is 0.350 e. The van der Waals surface area contributed by atoms with Crippen molar-refractivity contribution in [1.82, 2.24) is 5.32 Å². The van der Waals surface area contributed by atoms with Gasteiger partial charge in [-0.15, -0.1) is 0 Å². The summed E-state index contributed by atoms with van der Waals surface area (Å²) in [6.07, 6.45) is 8.48. The molecule has 1 aromatic rings. The molecule has 0 spiro atoms. The zero-order valence-electron chi connectivity index (χ0n) is 10.8. The van der Waals surface area contributed by atoms with E-state index in [4.69, 9.17) is 11.6 Å². The Kier molecular flexibility index (Phi) is 3.61. The molecule has 2 bridgehead atoms. The number of hydrogen-bond acceptors (Lipinski definition) is 1. The van der Waals surface area contributed by atoms with Crippen LogP contribution in [-0.4, -0.2) is 11.9 Å². The van der Waals surface area contributed by atoms with Crippen LogP contribution < -0.4 is 5.32 Å². The van der Waals surface area contributed by atoms with Crippen LogP contribution in [0.15, 0.2) is 30.3 Å². The number of carbonyl (C=O) groups is 1. The van der Waals surface area contributed by atoms with Crippen molar-refractivity contribution in [2.45, 2.75) is 31.7 Å². The third-order valence-corrected chi connectivity index (χ3v) is 4.73. The summed E-state index contributed by atoms with van der Waals surface area (Å²) in [6, 6.07) is 7.93. The van der Waals surface area contributed by atoms with Crippen LogP contribution in [0.1, 0.15) is 31.2 Å². The molecule has 0 radical (unpaired) electrons. The second kappa shape index (κ2) is 5.38. The van der Waals surface area contributed by atoms with Gasteiger partial charge in [-0.1, -0.05) is 36.2 Å². The summed E-state index contributed by atoms with van der Waals surface area (Å²) in [7, 11) is 0. The highest BCUT2D eigenvalue weighted by molar-refractivity contribution is 6.32. The van der Waals surface area contributed by atoms with Gasteiger partial charge in [0.1, 0.15) is 0 Å². The highest BCUT2D eigenvalue weighted by Crippen LogP contribution is 2.44. The lowest BCUT2D eigenvalue weighted by Crippen LogP contribution is -2.37. The van der Waals surface area contributed by atoms with E-state index < -0.39 is 0 Å². The van der Waals surface area contributed by atoms with Gasteiger partial charge in [0.05, 0.1) is 0 Å². The van der Waals surface area contributed by atoms with E-state index in [-0.39, 0.29) is 5.91 Å². The molecule has 1 aromatic carbocycles.